The molecule has 1 heterocycles. The van der Waals surface area contributed by atoms with Crippen LogP contribution in [0.25, 0.3) is 0 Å². The number of carboxylic acid groups (broad SMARTS) is 1. The molecule has 4 nitrogen and oxygen atoms in total. The molecule has 0 atom stereocenters. The molecule has 0 saturated carbocycles. The molecule has 140 valence electrons. The van der Waals surface area contributed by atoms with Gasteiger partial charge in [0.15, 0.2) is 11.6 Å². The lowest BCUT2D eigenvalue weighted by molar-refractivity contribution is 0.0696. The summed E-state index contributed by atoms with van der Waals surface area (Å²) in [5.74, 6) is -4.26. The quantitative estimate of drug-likeness (QED) is 0.572. The second-order valence-electron chi connectivity index (χ2n) is 5.49. The van der Waals surface area contributed by atoms with Gasteiger partial charge in [-0.05, 0) is 30.3 Å². The lowest BCUT2D eigenvalue weighted by Crippen LogP contribution is -2.05. The molecule has 0 bridgehead atoms. The van der Waals surface area contributed by atoms with Crippen LogP contribution in [0.2, 0.25) is 5.02 Å². The Kier molecular flexibility index (Phi) is 5.67. The van der Waals surface area contributed by atoms with Crippen molar-refractivity contribution in [1.29, 1.82) is 0 Å². The fourth-order valence-electron chi connectivity index (χ4n) is 2.36. The first-order valence-corrected chi connectivity index (χ1v) is 8.82. The average molecular weight is 414 g/mol. The molecular formula is C18H11ClF3NO3S. The largest absolute Gasteiger partial charge is 0.488 e. The molecule has 0 fully saturated rings. The van der Waals surface area contributed by atoms with Crippen LogP contribution in [0.5, 0.6) is 5.75 Å². The zero-order valence-electron chi connectivity index (χ0n) is 13.5. The highest BCUT2D eigenvalue weighted by molar-refractivity contribution is 7.11. The maximum atomic E-state index is 13.8. The number of carboxylic acids is 1. The van der Waals surface area contributed by atoms with Gasteiger partial charge in [-0.3, -0.25) is 0 Å². The number of ether oxygens (including phenoxy) is 1. The van der Waals surface area contributed by atoms with Crippen LogP contribution in [0, 0.1) is 17.5 Å². The molecule has 0 saturated heterocycles. The standard InChI is InChI=1S/C18H11ClF3NO3S/c19-10-1-4-15(26-7-12-13(20)2-3-14(21)16(12)22)9(5-10)6-11-8-27-17(23-11)18(24)25/h1-5,8H,6-7H2,(H,24,25). The Hall–Kier alpha value is -2.58. The number of benzene rings is 2. The molecule has 0 amide bonds. The number of nitrogens with zero attached hydrogens (tertiary/aromatic N) is 1. The van der Waals surface area contributed by atoms with Crippen molar-refractivity contribution >= 4 is 28.9 Å². The lowest BCUT2D eigenvalue weighted by atomic mass is 10.1. The summed E-state index contributed by atoms with van der Waals surface area (Å²) in [6.45, 7) is -0.526. The summed E-state index contributed by atoms with van der Waals surface area (Å²) in [5, 5.41) is 10.9. The summed E-state index contributed by atoms with van der Waals surface area (Å²) >= 11 is 6.97. The topological polar surface area (TPSA) is 59.4 Å². The van der Waals surface area contributed by atoms with Crippen LogP contribution in [0.3, 0.4) is 0 Å². The molecule has 0 aliphatic heterocycles. The van der Waals surface area contributed by atoms with Gasteiger partial charge in [0, 0.05) is 22.4 Å². The predicted octanol–water partition coefficient (Wildman–Crippen LogP) is 5.08. The number of aromatic carboxylic acids is 1. The number of aromatic nitrogens is 1. The summed E-state index contributed by atoms with van der Waals surface area (Å²) in [7, 11) is 0. The Morgan fingerprint density at radius 3 is 2.63 bits per heavy atom. The van der Waals surface area contributed by atoms with Crippen LogP contribution in [0.1, 0.15) is 26.6 Å². The van der Waals surface area contributed by atoms with Crippen molar-refractivity contribution in [2.45, 2.75) is 13.0 Å². The fraction of sp³-hybridized carbons (Fsp3) is 0.111. The van der Waals surface area contributed by atoms with E-state index in [1.807, 2.05) is 0 Å². The maximum absolute atomic E-state index is 13.8. The number of hydrogen-bond donors (Lipinski definition) is 1. The number of rotatable bonds is 6. The van der Waals surface area contributed by atoms with E-state index in [9.17, 15) is 18.0 Å². The number of carbonyl (C=O) groups is 1. The van der Waals surface area contributed by atoms with E-state index >= 15 is 0 Å². The number of hydrogen-bond acceptors (Lipinski definition) is 4. The lowest BCUT2D eigenvalue weighted by Gasteiger charge is -2.12. The Morgan fingerprint density at radius 2 is 1.93 bits per heavy atom. The average Bonchev–Trinajstić information content (AvgIpc) is 3.09. The molecule has 2 aromatic carbocycles. The maximum Gasteiger partial charge on any atom is 0.365 e. The molecule has 0 radical (unpaired) electrons. The minimum atomic E-state index is -1.31. The summed E-state index contributed by atoms with van der Waals surface area (Å²) in [4.78, 5) is 14.9. The first-order valence-electron chi connectivity index (χ1n) is 7.56. The third-order valence-electron chi connectivity index (χ3n) is 3.64. The van der Waals surface area contributed by atoms with Crippen molar-refractivity contribution in [2.24, 2.45) is 0 Å². The fourth-order valence-corrected chi connectivity index (χ4v) is 3.21. The molecule has 3 aromatic rings. The normalized spacial score (nSPS) is 10.8. The van der Waals surface area contributed by atoms with Crippen molar-refractivity contribution in [3.63, 3.8) is 0 Å². The van der Waals surface area contributed by atoms with Crippen molar-refractivity contribution < 1.29 is 27.8 Å². The minimum absolute atomic E-state index is 0.0570. The van der Waals surface area contributed by atoms with Gasteiger partial charge in [-0.15, -0.1) is 11.3 Å². The number of thiazole rings is 1. The van der Waals surface area contributed by atoms with E-state index in [4.69, 9.17) is 21.4 Å². The highest BCUT2D eigenvalue weighted by Crippen LogP contribution is 2.28. The van der Waals surface area contributed by atoms with Gasteiger partial charge in [-0.1, -0.05) is 11.6 Å². The zero-order chi connectivity index (χ0) is 19.6. The van der Waals surface area contributed by atoms with Crippen molar-refractivity contribution in [3.8, 4) is 5.75 Å². The van der Waals surface area contributed by atoms with E-state index in [1.54, 1.807) is 11.4 Å². The van der Waals surface area contributed by atoms with Crippen LogP contribution >= 0.6 is 22.9 Å². The van der Waals surface area contributed by atoms with Gasteiger partial charge < -0.3 is 9.84 Å². The smallest absolute Gasteiger partial charge is 0.365 e. The van der Waals surface area contributed by atoms with Gasteiger partial charge in [-0.2, -0.15) is 0 Å². The van der Waals surface area contributed by atoms with Crippen LogP contribution in [-0.4, -0.2) is 16.1 Å². The molecule has 3 rings (SSSR count). The van der Waals surface area contributed by atoms with Crippen molar-refractivity contribution in [3.05, 3.63) is 80.0 Å². The second-order valence-corrected chi connectivity index (χ2v) is 6.78. The highest BCUT2D eigenvalue weighted by Gasteiger charge is 2.16. The van der Waals surface area contributed by atoms with Crippen molar-refractivity contribution in [1.82, 2.24) is 4.98 Å². The molecule has 1 aromatic heterocycles. The molecule has 1 N–H and O–H groups in total. The molecule has 9 heteroatoms. The van der Waals surface area contributed by atoms with Crippen LogP contribution in [0.4, 0.5) is 13.2 Å². The molecule has 0 unspecified atom stereocenters. The predicted molar refractivity (Wildman–Crippen MR) is 94.0 cm³/mol. The Bertz CT molecular complexity index is 1010. The Morgan fingerprint density at radius 1 is 1.19 bits per heavy atom. The van der Waals surface area contributed by atoms with E-state index < -0.39 is 35.6 Å². The third kappa shape index (κ3) is 4.40. The summed E-state index contributed by atoms with van der Waals surface area (Å²) in [6.07, 6.45) is 0.202. The van der Waals surface area contributed by atoms with E-state index in [0.29, 0.717) is 22.3 Å². The van der Waals surface area contributed by atoms with E-state index in [2.05, 4.69) is 4.98 Å². The summed E-state index contributed by atoms with van der Waals surface area (Å²) in [6, 6.07) is 6.14. The SMILES string of the molecule is O=C(O)c1nc(Cc2cc(Cl)ccc2OCc2c(F)ccc(F)c2F)cs1. The Balaban J connectivity index is 1.84. The van der Waals surface area contributed by atoms with Crippen molar-refractivity contribution in [2.75, 3.05) is 0 Å². The summed E-state index contributed by atoms with van der Waals surface area (Å²) in [5.41, 5.74) is 0.493. The molecule has 0 aliphatic rings. The summed E-state index contributed by atoms with van der Waals surface area (Å²) < 4.78 is 46.3. The highest BCUT2D eigenvalue weighted by atomic mass is 35.5. The minimum Gasteiger partial charge on any atom is -0.488 e. The first-order chi connectivity index (χ1) is 12.8. The van der Waals surface area contributed by atoms with Crippen LogP contribution < -0.4 is 4.74 Å². The van der Waals surface area contributed by atoms with Crippen LogP contribution in [-0.2, 0) is 13.0 Å². The van der Waals surface area contributed by atoms with Gasteiger partial charge in [0.05, 0.1) is 11.3 Å². The van der Waals surface area contributed by atoms with Gasteiger partial charge in [0.1, 0.15) is 18.2 Å². The Labute approximate surface area is 160 Å². The van der Waals surface area contributed by atoms with E-state index in [0.717, 1.165) is 17.4 Å². The monoisotopic (exact) mass is 413 g/mol. The third-order valence-corrected chi connectivity index (χ3v) is 4.75. The second kappa shape index (κ2) is 7.98. The van der Waals surface area contributed by atoms with Gasteiger partial charge in [0.25, 0.3) is 0 Å². The number of halogens is 4. The molecule has 0 aliphatic carbocycles. The zero-order valence-corrected chi connectivity index (χ0v) is 15.1. The van der Waals surface area contributed by atoms with Gasteiger partial charge >= 0.3 is 5.97 Å². The molecule has 0 spiro atoms. The molecule has 27 heavy (non-hydrogen) atoms. The van der Waals surface area contributed by atoms with Gasteiger partial charge in [0.2, 0.25) is 5.01 Å². The van der Waals surface area contributed by atoms with E-state index in [1.165, 1.54) is 12.1 Å². The molecular weight excluding hydrogens is 403 g/mol. The van der Waals surface area contributed by atoms with Crippen LogP contribution in [0.15, 0.2) is 35.7 Å². The van der Waals surface area contributed by atoms with E-state index in [-0.39, 0.29) is 17.2 Å². The first kappa shape index (κ1) is 19.2. The van der Waals surface area contributed by atoms with Gasteiger partial charge in [-0.25, -0.2) is 22.9 Å².